The molecule has 0 radical (unpaired) electrons. The fraction of sp³-hybridized carbons (Fsp3) is 0. The molecule has 0 atom stereocenters. The van der Waals surface area contributed by atoms with Crippen LogP contribution in [0.1, 0.15) is 0 Å². The predicted molar refractivity (Wildman–Crippen MR) is 78.7 cm³/mol. The fourth-order valence-corrected chi connectivity index (χ4v) is 3.59. The lowest BCUT2D eigenvalue weighted by atomic mass is 10.3. The van der Waals surface area contributed by atoms with E-state index in [2.05, 4.69) is 4.72 Å². The smallest absolute Gasteiger partial charge is 0.263 e. The van der Waals surface area contributed by atoms with Crippen molar-refractivity contribution in [2.45, 2.75) is 4.90 Å². The molecular weight excluding hydrogens is 348 g/mol. The molecule has 0 aromatic heterocycles. The largest absolute Gasteiger partial charge is 0.278 e. The van der Waals surface area contributed by atoms with Crippen molar-refractivity contribution in [1.29, 1.82) is 0 Å². The summed E-state index contributed by atoms with van der Waals surface area (Å²) in [5.74, 6) is -0.626. The Morgan fingerprint density at radius 3 is 2.25 bits per heavy atom. The average Bonchev–Trinajstić information content (AvgIpc) is 2.32. The van der Waals surface area contributed by atoms with E-state index in [1.807, 2.05) is 0 Å². The summed E-state index contributed by atoms with van der Waals surface area (Å²) in [6.07, 6.45) is 0. The van der Waals surface area contributed by atoms with Crippen molar-refractivity contribution >= 4 is 50.5 Å². The van der Waals surface area contributed by atoms with E-state index in [0.717, 1.165) is 18.2 Å². The van der Waals surface area contributed by atoms with Crippen LogP contribution in [0.4, 0.5) is 10.1 Å². The highest BCUT2D eigenvalue weighted by Gasteiger charge is 2.19. The Balaban J connectivity index is 2.41. The van der Waals surface area contributed by atoms with Gasteiger partial charge in [-0.25, -0.2) is 12.8 Å². The first-order valence-electron chi connectivity index (χ1n) is 5.22. The molecule has 106 valence electrons. The highest BCUT2D eigenvalue weighted by Crippen LogP contribution is 2.29. The third-order valence-corrected chi connectivity index (χ3v) is 4.76. The highest BCUT2D eigenvalue weighted by molar-refractivity contribution is 7.92. The zero-order valence-electron chi connectivity index (χ0n) is 9.70. The summed E-state index contributed by atoms with van der Waals surface area (Å²) in [5.41, 5.74) is 0.149. The number of halogens is 4. The third-order valence-electron chi connectivity index (χ3n) is 2.36. The van der Waals surface area contributed by atoms with Gasteiger partial charge in [-0.3, -0.25) is 4.72 Å². The van der Waals surface area contributed by atoms with Crippen LogP contribution in [-0.2, 0) is 10.0 Å². The molecule has 0 fully saturated rings. The summed E-state index contributed by atoms with van der Waals surface area (Å²) in [4.78, 5) is -0.244. The molecule has 0 spiro atoms. The Kier molecular flexibility index (Phi) is 4.44. The Labute approximate surface area is 130 Å². The van der Waals surface area contributed by atoms with Crippen LogP contribution in [-0.4, -0.2) is 8.42 Å². The molecule has 0 saturated heterocycles. The Bertz CT molecular complexity index is 765. The minimum atomic E-state index is -3.97. The van der Waals surface area contributed by atoms with Gasteiger partial charge in [0, 0.05) is 5.02 Å². The van der Waals surface area contributed by atoms with Gasteiger partial charge in [0.15, 0.2) is 0 Å². The second-order valence-electron chi connectivity index (χ2n) is 3.80. The molecule has 0 heterocycles. The fourth-order valence-electron chi connectivity index (χ4n) is 1.47. The van der Waals surface area contributed by atoms with E-state index < -0.39 is 15.8 Å². The van der Waals surface area contributed by atoms with Gasteiger partial charge in [0.05, 0.1) is 15.7 Å². The minimum Gasteiger partial charge on any atom is -0.278 e. The van der Waals surface area contributed by atoms with Crippen molar-refractivity contribution < 1.29 is 12.8 Å². The molecule has 8 heteroatoms. The lowest BCUT2D eigenvalue weighted by molar-refractivity contribution is 0.600. The second-order valence-corrected chi connectivity index (χ2v) is 6.71. The van der Waals surface area contributed by atoms with Crippen molar-refractivity contribution in [2.24, 2.45) is 0 Å². The van der Waals surface area contributed by atoms with Gasteiger partial charge < -0.3 is 0 Å². The van der Waals surface area contributed by atoms with Crippen molar-refractivity contribution in [2.75, 3.05) is 4.72 Å². The standard InChI is InChI=1S/C12H7Cl3FNO2S/c13-7-1-3-11(9(14)5-7)17-20(18,19)12-4-2-8(16)6-10(12)15/h1-6,17H. The first kappa shape index (κ1) is 15.4. The lowest BCUT2D eigenvalue weighted by Crippen LogP contribution is -2.13. The van der Waals surface area contributed by atoms with Gasteiger partial charge >= 0.3 is 0 Å². The molecule has 0 aliphatic carbocycles. The molecule has 2 aromatic rings. The molecule has 2 aromatic carbocycles. The quantitative estimate of drug-likeness (QED) is 0.876. The van der Waals surface area contributed by atoms with E-state index in [9.17, 15) is 12.8 Å². The number of anilines is 1. The van der Waals surface area contributed by atoms with Gasteiger partial charge in [-0.1, -0.05) is 34.8 Å². The van der Waals surface area contributed by atoms with E-state index in [1.54, 1.807) is 0 Å². The van der Waals surface area contributed by atoms with Crippen LogP contribution in [0.2, 0.25) is 15.1 Å². The molecule has 0 aliphatic heterocycles. The predicted octanol–water partition coefficient (Wildman–Crippen LogP) is 4.59. The van der Waals surface area contributed by atoms with Crippen LogP contribution in [0.3, 0.4) is 0 Å². The molecular formula is C12H7Cl3FNO2S. The topological polar surface area (TPSA) is 46.2 Å². The zero-order chi connectivity index (χ0) is 14.9. The van der Waals surface area contributed by atoms with Gasteiger partial charge in [0.2, 0.25) is 0 Å². The Hall–Kier alpha value is -1.01. The van der Waals surface area contributed by atoms with Crippen molar-refractivity contribution in [3.8, 4) is 0 Å². The molecule has 0 amide bonds. The van der Waals surface area contributed by atoms with Gasteiger partial charge in [0.1, 0.15) is 10.7 Å². The molecule has 0 saturated carbocycles. The van der Waals surface area contributed by atoms with E-state index in [1.165, 1.54) is 18.2 Å². The van der Waals surface area contributed by atoms with Crippen molar-refractivity contribution in [3.05, 3.63) is 57.3 Å². The van der Waals surface area contributed by atoms with Crippen LogP contribution in [0, 0.1) is 5.82 Å². The van der Waals surface area contributed by atoms with Gasteiger partial charge in [-0.2, -0.15) is 0 Å². The molecule has 0 bridgehead atoms. The number of sulfonamides is 1. The van der Waals surface area contributed by atoms with Crippen LogP contribution >= 0.6 is 34.8 Å². The van der Waals surface area contributed by atoms with Crippen molar-refractivity contribution in [1.82, 2.24) is 0 Å². The summed E-state index contributed by atoms with van der Waals surface area (Å²) in [7, 11) is -3.97. The number of rotatable bonds is 3. The van der Waals surface area contributed by atoms with Crippen LogP contribution in [0.5, 0.6) is 0 Å². The first-order chi connectivity index (χ1) is 9.29. The van der Waals surface area contributed by atoms with Crippen LogP contribution < -0.4 is 4.72 Å². The molecule has 2 rings (SSSR count). The number of hydrogen-bond acceptors (Lipinski definition) is 2. The van der Waals surface area contributed by atoms with E-state index >= 15 is 0 Å². The summed E-state index contributed by atoms with van der Waals surface area (Å²) in [5, 5.41) is 0.291. The third kappa shape index (κ3) is 3.35. The van der Waals surface area contributed by atoms with Gasteiger partial charge in [-0.05, 0) is 36.4 Å². The molecule has 20 heavy (non-hydrogen) atoms. The summed E-state index contributed by atoms with van der Waals surface area (Å²) in [6.45, 7) is 0. The number of benzene rings is 2. The zero-order valence-corrected chi connectivity index (χ0v) is 12.8. The summed E-state index contributed by atoms with van der Waals surface area (Å²) in [6, 6.07) is 7.29. The lowest BCUT2D eigenvalue weighted by Gasteiger charge is -2.11. The first-order valence-corrected chi connectivity index (χ1v) is 7.84. The Morgan fingerprint density at radius 1 is 0.950 bits per heavy atom. The normalized spacial score (nSPS) is 11.4. The maximum atomic E-state index is 12.9. The second kappa shape index (κ2) is 5.77. The molecule has 0 unspecified atom stereocenters. The van der Waals surface area contributed by atoms with E-state index in [0.29, 0.717) is 5.02 Å². The van der Waals surface area contributed by atoms with Gasteiger partial charge in [-0.15, -0.1) is 0 Å². The number of hydrogen-bond donors (Lipinski definition) is 1. The summed E-state index contributed by atoms with van der Waals surface area (Å²) < 4.78 is 39.5. The summed E-state index contributed by atoms with van der Waals surface area (Å²) >= 11 is 17.3. The van der Waals surface area contributed by atoms with Crippen LogP contribution in [0.25, 0.3) is 0 Å². The number of nitrogens with one attached hydrogen (secondary N) is 1. The van der Waals surface area contributed by atoms with E-state index in [4.69, 9.17) is 34.8 Å². The maximum absolute atomic E-state index is 12.9. The SMILES string of the molecule is O=S(=O)(Nc1ccc(Cl)cc1Cl)c1ccc(F)cc1Cl. The van der Waals surface area contributed by atoms with E-state index in [-0.39, 0.29) is 20.6 Å². The highest BCUT2D eigenvalue weighted by atomic mass is 35.5. The average molecular weight is 355 g/mol. The minimum absolute atomic E-state index is 0.138. The van der Waals surface area contributed by atoms with Crippen molar-refractivity contribution in [3.63, 3.8) is 0 Å². The molecule has 1 N–H and O–H groups in total. The van der Waals surface area contributed by atoms with Gasteiger partial charge in [0.25, 0.3) is 10.0 Å². The maximum Gasteiger partial charge on any atom is 0.263 e. The monoisotopic (exact) mass is 353 g/mol. The molecule has 3 nitrogen and oxygen atoms in total. The Morgan fingerprint density at radius 2 is 1.65 bits per heavy atom. The van der Waals surface area contributed by atoms with Crippen LogP contribution in [0.15, 0.2) is 41.3 Å². The molecule has 0 aliphatic rings.